The average molecular weight is 287 g/mol. The minimum absolute atomic E-state index is 0.0325. The van der Waals surface area contributed by atoms with E-state index >= 15 is 0 Å². The summed E-state index contributed by atoms with van der Waals surface area (Å²) in [6.07, 6.45) is 3.94. The van der Waals surface area contributed by atoms with Crippen LogP contribution in [0.4, 0.5) is 5.69 Å². The van der Waals surface area contributed by atoms with Gasteiger partial charge in [-0.15, -0.1) is 0 Å². The van der Waals surface area contributed by atoms with E-state index in [-0.39, 0.29) is 5.91 Å². The molecular formula is C16H21N3O2. The molecule has 1 fully saturated rings. The summed E-state index contributed by atoms with van der Waals surface area (Å²) in [4.78, 5) is 14.7. The zero-order valence-corrected chi connectivity index (χ0v) is 12.5. The molecule has 1 aliphatic carbocycles. The first kappa shape index (κ1) is 13.8. The van der Waals surface area contributed by atoms with Crippen molar-refractivity contribution in [1.82, 2.24) is 9.47 Å². The van der Waals surface area contributed by atoms with Gasteiger partial charge in [0.05, 0.1) is 12.2 Å². The standard InChI is InChI=1S/C16H21N3O2/c1-3-18-9-12(17)8-15(18)16(20)19(13-5-6-13)10-14-7-4-11(2)21-14/h4,7-9,13H,3,5-6,10,17H2,1-2H3. The van der Waals surface area contributed by atoms with Crippen LogP contribution in [0.2, 0.25) is 0 Å². The third-order valence-corrected chi connectivity index (χ3v) is 3.85. The number of hydrogen-bond donors (Lipinski definition) is 1. The summed E-state index contributed by atoms with van der Waals surface area (Å²) in [5.74, 6) is 1.73. The van der Waals surface area contributed by atoms with E-state index in [4.69, 9.17) is 10.2 Å². The van der Waals surface area contributed by atoms with Gasteiger partial charge in [-0.3, -0.25) is 4.79 Å². The highest BCUT2D eigenvalue weighted by molar-refractivity contribution is 5.94. The molecule has 5 nitrogen and oxygen atoms in total. The summed E-state index contributed by atoms with van der Waals surface area (Å²) in [6.45, 7) is 5.17. The van der Waals surface area contributed by atoms with E-state index in [9.17, 15) is 4.79 Å². The molecule has 2 N–H and O–H groups in total. The van der Waals surface area contributed by atoms with Crippen LogP contribution < -0.4 is 5.73 Å². The first-order chi connectivity index (χ1) is 10.1. The van der Waals surface area contributed by atoms with Gasteiger partial charge < -0.3 is 19.6 Å². The Morgan fingerprint density at radius 1 is 1.48 bits per heavy atom. The van der Waals surface area contributed by atoms with Crippen molar-refractivity contribution >= 4 is 11.6 Å². The number of nitrogens with two attached hydrogens (primary N) is 1. The Morgan fingerprint density at radius 2 is 2.24 bits per heavy atom. The largest absolute Gasteiger partial charge is 0.464 e. The second-order valence-corrected chi connectivity index (χ2v) is 5.62. The third kappa shape index (κ3) is 2.82. The number of amides is 1. The maximum absolute atomic E-state index is 12.8. The van der Waals surface area contributed by atoms with Crippen LogP contribution >= 0.6 is 0 Å². The van der Waals surface area contributed by atoms with Crippen molar-refractivity contribution in [3.05, 3.63) is 41.6 Å². The first-order valence-electron chi connectivity index (χ1n) is 7.40. The summed E-state index contributed by atoms with van der Waals surface area (Å²) in [7, 11) is 0. The van der Waals surface area contributed by atoms with Crippen LogP contribution in [0, 0.1) is 6.92 Å². The second-order valence-electron chi connectivity index (χ2n) is 5.62. The minimum atomic E-state index is 0.0325. The number of anilines is 1. The SMILES string of the molecule is CCn1cc(N)cc1C(=O)N(Cc1ccc(C)o1)C1CC1. The average Bonchev–Trinajstić information content (AvgIpc) is 3.11. The number of carbonyl (C=O) groups excluding carboxylic acids is 1. The Kier molecular flexibility index (Phi) is 3.49. The molecule has 0 radical (unpaired) electrons. The van der Waals surface area contributed by atoms with Crippen LogP contribution in [0.1, 0.15) is 41.8 Å². The van der Waals surface area contributed by atoms with Crippen molar-refractivity contribution in [3.8, 4) is 0 Å². The van der Waals surface area contributed by atoms with Crippen molar-refractivity contribution in [2.45, 2.75) is 45.8 Å². The summed E-state index contributed by atoms with van der Waals surface area (Å²) in [5.41, 5.74) is 7.12. The van der Waals surface area contributed by atoms with Crippen molar-refractivity contribution in [2.75, 3.05) is 5.73 Å². The molecule has 3 rings (SSSR count). The summed E-state index contributed by atoms with van der Waals surface area (Å²) in [6, 6.07) is 5.95. The Labute approximate surface area is 124 Å². The molecule has 112 valence electrons. The highest BCUT2D eigenvalue weighted by atomic mass is 16.3. The van der Waals surface area contributed by atoms with Gasteiger partial charge in [0.15, 0.2) is 0 Å². The van der Waals surface area contributed by atoms with Crippen molar-refractivity contribution in [1.29, 1.82) is 0 Å². The molecule has 0 spiro atoms. The molecule has 21 heavy (non-hydrogen) atoms. The van der Waals surface area contributed by atoms with Gasteiger partial charge in [-0.2, -0.15) is 0 Å². The van der Waals surface area contributed by atoms with E-state index in [1.54, 1.807) is 6.07 Å². The number of nitrogens with zero attached hydrogens (tertiary/aromatic N) is 2. The Hall–Kier alpha value is -2.17. The monoisotopic (exact) mass is 287 g/mol. The van der Waals surface area contributed by atoms with Gasteiger partial charge >= 0.3 is 0 Å². The van der Waals surface area contributed by atoms with Gasteiger partial charge in [-0.1, -0.05) is 0 Å². The molecule has 0 aromatic carbocycles. The van der Waals surface area contributed by atoms with Crippen molar-refractivity contribution in [3.63, 3.8) is 0 Å². The normalized spacial score (nSPS) is 14.4. The lowest BCUT2D eigenvalue weighted by Gasteiger charge is -2.22. The lowest BCUT2D eigenvalue weighted by molar-refractivity contribution is 0.0706. The highest BCUT2D eigenvalue weighted by Gasteiger charge is 2.34. The fraction of sp³-hybridized carbons (Fsp3) is 0.438. The summed E-state index contributed by atoms with van der Waals surface area (Å²) < 4.78 is 7.52. The summed E-state index contributed by atoms with van der Waals surface area (Å²) in [5, 5.41) is 0. The maximum Gasteiger partial charge on any atom is 0.271 e. The van der Waals surface area contributed by atoms with Gasteiger partial charge in [-0.25, -0.2) is 0 Å². The minimum Gasteiger partial charge on any atom is -0.464 e. The highest BCUT2D eigenvalue weighted by Crippen LogP contribution is 2.30. The zero-order valence-electron chi connectivity index (χ0n) is 12.5. The number of furan rings is 1. The predicted molar refractivity (Wildman–Crippen MR) is 80.9 cm³/mol. The Morgan fingerprint density at radius 3 is 2.81 bits per heavy atom. The summed E-state index contributed by atoms with van der Waals surface area (Å²) >= 11 is 0. The number of aromatic nitrogens is 1. The molecule has 0 atom stereocenters. The number of hydrogen-bond acceptors (Lipinski definition) is 3. The van der Waals surface area contributed by atoms with Gasteiger partial charge in [0.1, 0.15) is 17.2 Å². The molecular weight excluding hydrogens is 266 g/mol. The van der Waals surface area contributed by atoms with Crippen LogP contribution in [0.5, 0.6) is 0 Å². The quantitative estimate of drug-likeness (QED) is 0.919. The van der Waals surface area contributed by atoms with Crippen molar-refractivity contribution in [2.24, 2.45) is 0 Å². The molecule has 5 heteroatoms. The van der Waals surface area contributed by atoms with E-state index in [0.29, 0.717) is 24.0 Å². The van der Waals surface area contributed by atoms with E-state index < -0.39 is 0 Å². The Balaban J connectivity index is 1.84. The predicted octanol–water partition coefficient (Wildman–Crippen LogP) is 2.80. The van der Waals surface area contributed by atoms with E-state index in [0.717, 1.165) is 30.9 Å². The number of aryl methyl sites for hydroxylation is 2. The molecule has 2 aromatic heterocycles. The van der Waals surface area contributed by atoms with Gasteiger partial charge in [0.2, 0.25) is 0 Å². The fourth-order valence-corrected chi connectivity index (χ4v) is 2.61. The second kappa shape index (κ2) is 5.31. The number of nitrogen functional groups attached to an aromatic ring is 1. The first-order valence-corrected chi connectivity index (χ1v) is 7.40. The van der Waals surface area contributed by atoms with Gasteiger partial charge in [-0.05, 0) is 44.9 Å². The van der Waals surface area contributed by atoms with Crippen LogP contribution in [0.3, 0.4) is 0 Å². The topological polar surface area (TPSA) is 64.4 Å². The van der Waals surface area contributed by atoms with Crippen LogP contribution in [0.25, 0.3) is 0 Å². The van der Waals surface area contributed by atoms with E-state index in [1.807, 2.05) is 41.6 Å². The number of rotatable bonds is 5. The smallest absolute Gasteiger partial charge is 0.271 e. The lowest BCUT2D eigenvalue weighted by Crippen LogP contribution is -2.33. The third-order valence-electron chi connectivity index (χ3n) is 3.85. The van der Waals surface area contributed by atoms with Gasteiger partial charge in [0.25, 0.3) is 5.91 Å². The van der Waals surface area contributed by atoms with Crippen LogP contribution in [-0.4, -0.2) is 21.4 Å². The van der Waals surface area contributed by atoms with E-state index in [2.05, 4.69) is 0 Å². The number of carbonyl (C=O) groups is 1. The van der Waals surface area contributed by atoms with E-state index in [1.165, 1.54) is 0 Å². The zero-order chi connectivity index (χ0) is 15.0. The molecule has 2 aromatic rings. The molecule has 0 aliphatic heterocycles. The Bertz CT molecular complexity index is 652. The molecule has 0 saturated heterocycles. The van der Waals surface area contributed by atoms with Crippen molar-refractivity contribution < 1.29 is 9.21 Å². The molecule has 0 bridgehead atoms. The van der Waals surface area contributed by atoms with Crippen LogP contribution in [0.15, 0.2) is 28.8 Å². The molecule has 2 heterocycles. The fourth-order valence-electron chi connectivity index (χ4n) is 2.61. The molecule has 0 unspecified atom stereocenters. The molecule has 1 saturated carbocycles. The van der Waals surface area contributed by atoms with Gasteiger partial charge in [0, 0.05) is 18.8 Å². The van der Waals surface area contributed by atoms with Crippen LogP contribution in [-0.2, 0) is 13.1 Å². The lowest BCUT2D eigenvalue weighted by atomic mass is 10.3. The molecule has 1 aliphatic rings. The maximum atomic E-state index is 12.8. The molecule has 1 amide bonds.